The van der Waals surface area contributed by atoms with Crippen molar-refractivity contribution in [2.24, 2.45) is 0 Å². The molecule has 0 aliphatic heterocycles. The van der Waals surface area contributed by atoms with Gasteiger partial charge in [0, 0.05) is 5.38 Å². The van der Waals surface area contributed by atoms with Gasteiger partial charge in [-0.15, -0.1) is 11.3 Å². The van der Waals surface area contributed by atoms with E-state index in [-0.39, 0.29) is 10.8 Å². The van der Waals surface area contributed by atoms with Gasteiger partial charge in [0.2, 0.25) is 0 Å². The number of ether oxygens (including phenoxy) is 2. The summed E-state index contributed by atoms with van der Waals surface area (Å²) < 4.78 is 11.0. The van der Waals surface area contributed by atoms with Crippen molar-refractivity contribution in [3.05, 3.63) is 74.7 Å². The van der Waals surface area contributed by atoms with Crippen LogP contribution in [0.5, 0.6) is 11.5 Å². The van der Waals surface area contributed by atoms with Gasteiger partial charge in [0.25, 0.3) is 0 Å². The minimum Gasteiger partial charge on any atom is -0.487 e. The molecule has 0 saturated heterocycles. The van der Waals surface area contributed by atoms with Gasteiger partial charge in [0.05, 0.1) is 32.9 Å². The Morgan fingerprint density at radius 3 is 2.85 bits per heavy atom. The molecule has 0 N–H and O–H groups in total. The van der Waals surface area contributed by atoms with Crippen LogP contribution in [0, 0.1) is 18.3 Å². The van der Waals surface area contributed by atoms with Gasteiger partial charge in [-0.3, -0.25) is 0 Å². The molecule has 0 atom stereocenters. The van der Waals surface area contributed by atoms with Crippen LogP contribution in [0.25, 0.3) is 0 Å². The maximum Gasteiger partial charge on any atom is 0.343 e. The van der Waals surface area contributed by atoms with Crippen LogP contribution in [-0.4, -0.2) is 11.0 Å². The molecule has 3 rings (SSSR count). The van der Waals surface area contributed by atoms with Crippen LogP contribution in [-0.2, 0) is 6.61 Å². The summed E-state index contributed by atoms with van der Waals surface area (Å²) in [6, 6.07) is 13.1. The standard InChI is InChI=1S/C19H13ClN2O3S/c1-12-22-15(11-26-12)10-24-16-4-2-3-14(8-16)19(23)25-18-6-5-13(9-21)7-17(18)20/h2-8,11H,10H2,1H3. The molecular weight excluding hydrogens is 372 g/mol. The molecule has 5 nitrogen and oxygen atoms in total. The van der Waals surface area contributed by atoms with Crippen molar-refractivity contribution in [1.29, 1.82) is 5.26 Å². The average Bonchev–Trinajstić information content (AvgIpc) is 3.07. The lowest BCUT2D eigenvalue weighted by molar-refractivity contribution is 0.0734. The number of nitrogens with zero attached hydrogens (tertiary/aromatic N) is 2. The monoisotopic (exact) mass is 384 g/mol. The molecular formula is C19H13ClN2O3S. The molecule has 1 heterocycles. The topological polar surface area (TPSA) is 72.2 Å². The Kier molecular flexibility index (Phi) is 5.52. The fourth-order valence-corrected chi connectivity index (χ4v) is 2.97. The number of benzene rings is 2. The number of hydrogen-bond acceptors (Lipinski definition) is 6. The van der Waals surface area contributed by atoms with Crippen molar-refractivity contribution < 1.29 is 14.3 Å². The molecule has 2 aromatic carbocycles. The van der Waals surface area contributed by atoms with E-state index in [1.165, 1.54) is 18.2 Å². The highest BCUT2D eigenvalue weighted by Gasteiger charge is 2.13. The van der Waals surface area contributed by atoms with Crippen molar-refractivity contribution >= 4 is 28.9 Å². The average molecular weight is 385 g/mol. The third-order valence-electron chi connectivity index (χ3n) is 3.39. The molecule has 0 bridgehead atoms. The zero-order valence-corrected chi connectivity index (χ0v) is 15.3. The molecule has 0 saturated carbocycles. The third kappa shape index (κ3) is 4.39. The Balaban J connectivity index is 1.69. The van der Waals surface area contributed by atoms with Gasteiger partial charge >= 0.3 is 5.97 Å². The fraction of sp³-hybridized carbons (Fsp3) is 0.105. The van der Waals surface area contributed by atoms with E-state index in [9.17, 15) is 4.79 Å². The second-order valence-corrected chi connectivity index (χ2v) is 6.79. The molecule has 130 valence electrons. The summed E-state index contributed by atoms with van der Waals surface area (Å²) in [7, 11) is 0. The Hall–Kier alpha value is -2.88. The fourth-order valence-electron chi connectivity index (χ4n) is 2.16. The predicted molar refractivity (Wildman–Crippen MR) is 98.8 cm³/mol. The first-order valence-electron chi connectivity index (χ1n) is 7.61. The van der Waals surface area contributed by atoms with Crippen molar-refractivity contribution in [1.82, 2.24) is 4.98 Å². The number of carbonyl (C=O) groups is 1. The number of esters is 1. The van der Waals surface area contributed by atoms with Crippen molar-refractivity contribution in [2.45, 2.75) is 13.5 Å². The van der Waals surface area contributed by atoms with Gasteiger partial charge in [0.1, 0.15) is 18.1 Å². The lowest BCUT2D eigenvalue weighted by Crippen LogP contribution is -2.09. The Labute approximate surface area is 159 Å². The first-order chi connectivity index (χ1) is 12.5. The van der Waals surface area contributed by atoms with E-state index in [0.717, 1.165) is 10.7 Å². The molecule has 0 aliphatic rings. The van der Waals surface area contributed by atoms with Crippen LogP contribution < -0.4 is 9.47 Å². The van der Waals surface area contributed by atoms with Crippen LogP contribution in [0.2, 0.25) is 5.02 Å². The number of rotatable bonds is 5. The van der Waals surface area contributed by atoms with E-state index in [2.05, 4.69) is 4.98 Å². The Morgan fingerprint density at radius 1 is 1.31 bits per heavy atom. The van der Waals surface area contributed by atoms with Crippen molar-refractivity contribution in [3.63, 3.8) is 0 Å². The summed E-state index contributed by atoms with van der Waals surface area (Å²) in [5.41, 5.74) is 1.56. The maximum absolute atomic E-state index is 12.3. The van der Waals surface area contributed by atoms with Crippen molar-refractivity contribution in [3.8, 4) is 17.6 Å². The van der Waals surface area contributed by atoms with Crippen LogP contribution in [0.15, 0.2) is 47.8 Å². The smallest absolute Gasteiger partial charge is 0.343 e. The number of nitriles is 1. The molecule has 0 aliphatic carbocycles. The third-order valence-corrected chi connectivity index (χ3v) is 4.50. The second-order valence-electron chi connectivity index (χ2n) is 5.32. The lowest BCUT2D eigenvalue weighted by Gasteiger charge is -2.08. The van der Waals surface area contributed by atoms with E-state index in [0.29, 0.717) is 23.5 Å². The number of hydrogen-bond donors (Lipinski definition) is 0. The highest BCUT2D eigenvalue weighted by atomic mass is 35.5. The zero-order chi connectivity index (χ0) is 18.5. The van der Waals surface area contributed by atoms with Gasteiger partial charge in [-0.1, -0.05) is 17.7 Å². The summed E-state index contributed by atoms with van der Waals surface area (Å²) in [5, 5.41) is 11.9. The first kappa shape index (κ1) is 17.9. The van der Waals surface area contributed by atoms with Gasteiger partial charge in [0.15, 0.2) is 0 Å². The summed E-state index contributed by atoms with van der Waals surface area (Å²) in [6.45, 7) is 2.25. The van der Waals surface area contributed by atoms with Crippen LogP contribution >= 0.6 is 22.9 Å². The molecule has 0 spiro atoms. The van der Waals surface area contributed by atoms with Gasteiger partial charge in [-0.2, -0.15) is 5.26 Å². The van der Waals surface area contributed by atoms with E-state index < -0.39 is 5.97 Å². The summed E-state index contributed by atoms with van der Waals surface area (Å²) in [5.74, 6) is 0.169. The SMILES string of the molecule is Cc1nc(COc2cccc(C(=O)Oc3ccc(C#N)cc3Cl)c2)cs1. The Morgan fingerprint density at radius 2 is 2.15 bits per heavy atom. The van der Waals surface area contributed by atoms with Crippen LogP contribution in [0.4, 0.5) is 0 Å². The first-order valence-corrected chi connectivity index (χ1v) is 8.86. The maximum atomic E-state index is 12.3. The minimum atomic E-state index is -0.563. The number of carbonyl (C=O) groups excluding carboxylic acids is 1. The second kappa shape index (κ2) is 8.00. The Bertz CT molecular complexity index is 994. The summed E-state index contributed by atoms with van der Waals surface area (Å²) >= 11 is 7.59. The highest BCUT2D eigenvalue weighted by Crippen LogP contribution is 2.26. The number of aromatic nitrogens is 1. The molecule has 3 aromatic rings. The van der Waals surface area contributed by atoms with Crippen LogP contribution in [0.1, 0.15) is 26.6 Å². The molecule has 26 heavy (non-hydrogen) atoms. The highest BCUT2D eigenvalue weighted by molar-refractivity contribution is 7.09. The lowest BCUT2D eigenvalue weighted by atomic mass is 10.2. The van der Waals surface area contributed by atoms with E-state index >= 15 is 0 Å². The van der Waals surface area contributed by atoms with E-state index in [1.54, 1.807) is 35.6 Å². The molecule has 7 heteroatoms. The molecule has 0 amide bonds. The van der Waals surface area contributed by atoms with E-state index in [4.69, 9.17) is 26.3 Å². The summed E-state index contributed by atoms with van der Waals surface area (Å²) in [4.78, 5) is 16.7. The zero-order valence-electron chi connectivity index (χ0n) is 13.7. The van der Waals surface area contributed by atoms with Gasteiger partial charge in [-0.05, 0) is 43.3 Å². The minimum absolute atomic E-state index is 0.194. The molecule has 1 aromatic heterocycles. The molecule has 0 radical (unpaired) electrons. The molecule has 0 unspecified atom stereocenters. The quantitative estimate of drug-likeness (QED) is 0.467. The number of thiazole rings is 1. The largest absolute Gasteiger partial charge is 0.487 e. The summed E-state index contributed by atoms with van der Waals surface area (Å²) in [6.07, 6.45) is 0. The van der Waals surface area contributed by atoms with Crippen molar-refractivity contribution in [2.75, 3.05) is 0 Å². The normalized spacial score (nSPS) is 10.2. The van der Waals surface area contributed by atoms with Crippen LogP contribution in [0.3, 0.4) is 0 Å². The van der Waals surface area contributed by atoms with Gasteiger partial charge in [-0.25, -0.2) is 9.78 Å². The number of aryl methyl sites for hydroxylation is 1. The predicted octanol–water partition coefficient (Wildman–Crippen LogP) is 4.77. The van der Waals surface area contributed by atoms with E-state index in [1.807, 2.05) is 18.4 Å². The number of halogens is 1. The molecule has 0 fully saturated rings. The van der Waals surface area contributed by atoms with Gasteiger partial charge < -0.3 is 9.47 Å².